The monoisotopic (exact) mass is 753 g/mol. The molecule has 5 nitrogen and oxygen atoms in total. The van der Waals surface area contributed by atoms with Gasteiger partial charge in [-0.25, -0.2) is 4.98 Å². The number of nitrogens with zero attached hydrogens (tertiary/aromatic N) is 4. The molecule has 1 aliphatic rings. The van der Waals surface area contributed by atoms with Gasteiger partial charge in [-0.3, -0.25) is 4.57 Å². The third kappa shape index (κ3) is 6.12. The summed E-state index contributed by atoms with van der Waals surface area (Å²) in [6.07, 6.45) is 5.27. The molecule has 0 saturated heterocycles. The van der Waals surface area contributed by atoms with Crippen molar-refractivity contribution in [2.24, 2.45) is 0 Å². The van der Waals surface area contributed by atoms with Crippen molar-refractivity contribution < 1.29 is 13.4 Å². The van der Waals surface area contributed by atoms with Crippen LogP contribution >= 0.6 is 0 Å². The van der Waals surface area contributed by atoms with E-state index in [4.69, 9.17) is 13.8 Å². The average Bonchev–Trinajstić information content (AvgIpc) is 3.59. The molecule has 2 aromatic heterocycles. The Morgan fingerprint density at radius 3 is 1.95 bits per heavy atom. The Balaban J connectivity index is 1.14. The summed E-state index contributed by atoms with van der Waals surface area (Å²) in [7, 11) is 0. The summed E-state index contributed by atoms with van der Waals surface area (Å²) in [6, 6.07) is 58.8. The molecule has 5 heteroatoms. The van der Waals surface area contributed by atoms with E-state index in [2.05, 4.69) is 111 Å². The lowest BCUT2D eigenvalue weighted by Gasteiger charge is -2.25. The topological polar surface area (TPSA) is 33.3 Å². The number of pyridine rings is 1. The minimum Gasteiger partial charge on any atom is -0.458 e. The first kappa shape index (κ1) is 31.9. The van der Waals surface area contributed by atoms with Gasteiger partial charge < -0.3 is 14.2 Å². The summed E-state index contributed by atoms with van der Waals surface area (Å²) < 4.78 is 37.0. The van der Waals surface area contributed by atoms with Crippen molar-refractivity contribution in [1.29, 1.82) is 0 Å². The van der Waals surface area contributed by atoms with E-state index in [0.717, 1.165) is 66.7 Å². The maximum Gasteiger partial charge on any atom is 0.245 e. The van der Waals surface area contributed by atoms with E-state index in [1.165, 1.54) is 10.1 Å². The van der Waals surface area contributed by atoms with E-state index in [0.29, 0.717) is 22.9 Å². The van der Waals surface area contributed by atoms with Gasteiger partial charge in [-0.05, 0) is 86.8 Å². The standard InChI is InChI=1S/C53H42N4O/c1-53(2,3)36-30-31-54-52(32-36)57-50-27-14-11-24-46(50)47-29-28-39(34-51(47)57)58-38-17-15-16-37(33-38)56-35-55(4)48-25-12-9-22-44(48)42-20-7-5-18-40(42)41-19-6-8-21-43(41)45-23-10-13-26-49(45)56/h5-34H,1-4H3/i4D3. The van der Waals surface area contributed by atoms with Crippen molar-refractivity contribution in [1.82, 2.24) is 9.55 Å². The fourth-order valence-electron chi connectivity index (χ4n) is 8.19. The van der Waals surface area contributed by atoms with Gasteiger partial charge in [-0.2, -0.15) is 0 Å². The van der Waals surface area contributed by atoms with Gasteiger partial charge in [0.05, 0.1) is 39.2 Å². The van der Waals surface area contributed by atoms with E-state index in [9.17, 15) is 0 Å². The number of rotatable bonds is 4. The van der Waals surface area contributed by atoms with Gasteiger partial charge >= 0.3 is 0 Å². The number of fused-ring (bicyclic) bond motifs is 10. The quantitative estimate of drug-likeness (QED) is 0.133. The highest BCUT2D eigenvalue weighted by Gasteiger charge is 2.22. The van der Waals surface area contributed by atoms with Gasteiger partial charge in [0.25, 0.3) is 0 Å². The Morgan fingerprint density at radius 2 is 1.19 bits per heavy atom. The van der Waals surface area contributed by atoms with Crippen LogP contribution in [0.4, 0.5) is 17.1 Å². The van der Waals surface area contributed by atoms with E-state index in [1.807, 2.05) is 108 Å². The van der Waals surface area contributed by atoms with E-state index >= 15 is 0 Å². The molecule has 0 atom stereocenters. The molecule has 10 rings (SSSR count). The molecule has 0 saturated carbocycles. The fraction of sp³-hybridized carbons (Fsp3) is 0.0943. The van der Waals surface area contributed by atoms with Gasteiger partial charge in [-0.1, -0.05) is 148 Å². The van der Waals surface area contributed by atoms with E-state index < -0.39 is 6.98 Å². The Morgan fingerprint density at radius 1 is 0.569 bits per heavy atom. The maximum atomic E-state index is 8.91. The largest absolute Gasteiger partial charge is 0.458 e. The predicted molar refractivity (Wildman–Crippen MR) is 240 cm³/mol. The normalized spacial score (nSPS) is 13.5. The highest BCUT2D eigenvalue weighted by molar-refractivity contribution is 6.09. The second kappa shape index (κ2) is 14.1. The molecule has 0 radical (unpaired) electrons. The van der Waals surface area contributed by atoms with Crippen molar-refractivity contribution in [3.63, 3.8) is 0 Å². The van der Waals surface area contributed by atoms with Crippen LogP contribution in [0.3, 0.4) is 0 Å². The molecule has 0 fully saturated rings. The summed E-state index contributed by atoms with van der Waals surface area (Å²) in [5, 5.41) is 2.22. The number of benzene rings is 7. The molecule has 0 aliphatic carbocycles. The lowest BCUT2D eigenvalue weighted by Crippen LogP contribution is -2.21. The summed E-state index contributed by atoms with van der Waals surface area (Å²) in [5.74, 6) is 2.07. The molecule has 0 unspecified atom stereocenters. The first-order chi connectivity index (χ1) is 29.5. The highest BCUT2D eigenvalue weighted by atomic mass is 16.5. The number of aromatic nitrogens is 2. The maximum absolute atomic E-state index is 8.91. The van der Waals surface area contributed by atoms with Crippen molar-refractivity contribution in [2.45, 2.75) is 26.2 Å². The summed E-state index contributed by atoms with van der Waals surface area (Å²) in [5.41, 5.74) is 10.8. The van der Waals surface area contributed by atoms with Crippen LogP contribution < -0.4 is 9.64 Å². The number of hydrogen-bond donors (Lipinski definition) is 0. The van der Waals surface area contributed by atoms with Crippen LogP contribution in [0.25, 0.3) is 61.0 Å². The zero-order chi connectivity index (χ0) is 41.9. The predicted octanol–water partition coefficient (Wildman–Crippen LogP) is 13.6. The molecular formula is C53H42N4O. The lowest BCUT2D eigenvalue weighted by atomic mass is 9.88. The molecule has 0 amide bonds. The lowest BCUT2D eigenvalue weighted by molar-refractivity contribution is -0.399. The van der Waals surface area contributed by atoms with Gasteiger partial charge in [0, 0.05) is 23.0 Å². The van der Waals surface area contributed by atoms with Gasteiger partial charge in [-0.15, -0.1) is 0 Å². The molecule has 0 N–H and O–H groups in total. The van der Waals surface area contributed by atoms with E-state index in [1.54, 1.807) is 0 Å². The Bertz CT molecular complexity index is 3170. The SMILES string of the molecule is [2H]C([2H])([2H])[N+]1=[C-]N(c2cccc(Oc3ccc4c5ccccc5n(-c5cc(C(C)(C)C)ccn5)c4c3)c2)c2ccccc2-c2ccccc2-c2ccccc2-c2ccccc21. The molecule has 7 aromatic carbocycles. The van der Waals surface area contributed by atoms with Crippen molar-refractivity contribution in [2.75, 3.05) is 11.9 Å². The molecule has 3 heterocycles. The van der Waals surface area contributed by atoms with Crippen LogP contribution in [0, 0.1) is 0 Å². The first-order valence-electron chi connectivity index (χ1n) is 21.0. The van der Waals surface area contributed by atoms with Crippen LogP contribution in [-0.2, 0) is 5.41 Å². The van der Waals surface area contributed by atoms with Crippen LogP contribution in [0.15, 0.2) is 182 Å². The first-order valence-corrected chi connectivity index (χ1v) is 19.5. The van der Waals surface area contributed by atoms with Gasteiger partial charge in [0.15, 0.2) is 0 Å². The molecule has 58 heavy (non-hydrogen) atoms. The van der Waals surface area contributed by atoms with Crippen molar-refractivity contribution in [3.05, 3.63) is 188 Å². The second-order valence-electron chi connectivity index (χ2n) is 15.7. The molecule has 0 bridgehead atoms. The van der Waals surface area contributed by atoms with Crippen LogP contribution in [-0.4, -0.2) is 27.4 Å². The number of ether oxygens (including phenoxy) is 1. The highest BCUT2D eigenvalue weighted by Crippen LogP contribution is 2.45. The molecule has 1 aliphatic heterocycles. The van der Waals surface area contributed by atoms with Gasteiger partial charge in [0.2, 0.25) is 6.34 Å². The van der Waals surface area contributed by atoms with Crippen molar-refractivity contribution in [3.8, 4) is 50.7 Å². The van der Waals surface area contributed by atoms with E-state index in [-0.39, 0.29) is 5.41 Å². The smallest absolute Gasteiger partial charge is 0.245 e. The number of para-hydroxylation sites is 3. The number of hydrogen-bond acceptors (Lipinski definition) is 3. The van der Waals surface area contributed by atoms with Crippen molar-refractivity contribution >= 4 is 45.2 Å². The average molecular weight is 754 g/mol. The van der Waals surface area contributed by atoms with Crippen LogP contribution in [0.5, 0.6) is 11.5 Å². The third-order valence-corrected chi connectivity index (χ3v) is 11.0. The zero-order valence-electron chi connectivity index (χ0n) is 35.5. The fourth-order valence-corrected chi connectivity index (χ4v) is 8.19. The Labute approximate surface area is 343 Å². The molecule has 280 valence electrons. The Kier molecular flexibility index (Phi) is 7.73. The zero-order valence-corrected chi connectivity index (χ0v) is 32.5. The summed E-state index contributed by atoms with van der Waals surface area (Å²) in [6.45, 7) is 4.03. The van der Waals surface area contributed by atoms with Gasteiger partial charge in [0.1, 0.15) is 17.3 Å². The summed E-state index contributed by atoms with van der Waals surface area (Å²) in [4.78, 5) is 6.69. The number of anilines is 2. The molecular weight excluding hydrogens is 709 g/mol. The minimum absolute atomic E-state index is 0.0481. The minimum atomic E-state index is -2.59. The van der Waals surface area contributed by atoms with Crippen LogP contribution in [0.1, 0.15) is 30.4 Å². The van der Waals surface area contributed by atoms with Crippen LogP contribution in [0.2, 0.25) is 0 Å². The Hall–Kier alpha value is -7.24. The molecule has 0 spiro atoms. The second-order valence-corrected chi connectivity index (χ2v) is 15.7. The molecule has 9 aromatic rings. The summed E-state index contributed by atoms with van der Waals surface area (Å²) >= 11 is 0. The third-order valence-electron chi connectivity index (χ3n) is 11.0.